The quantitative estimate of drug-likeness (QED) is 0.759. The second-order valence-corrected chi connectivity index (χ2v) is 6.68. The van der Waals surface area contributed by atoms with E-state index in [0.717, 1.165) is 10.5 Å². The van der Waals surface area contributed by atoms with Gasteiger partial charge in [0.05, 0.1) is 22.4 Å². The van der Waals surface area contributed by atoms with Crippen molar-refractivity contribution in [3.8, 4) is 0 Å². The average molecular weight is 386 g/mol. The molecular weight excluding hydrogens is 372 g/mol. The zero-order valence-corrected chi connectivity index (χ0v) is 14.9. The molecule has 0 aliphatic carbocycles. The number of carboxylic acids is 1. The maximum absolute atomic E-state index is 12.4. The van der Waals surface area contributed by atoms with Gasteiger partial charge in [0.2, 0.25) is 5.91 Å². The first-order chi connectivity index (χ1) is 12.8. The Morgan fingerprint density at radius 3 is 2.74 bits per heavy atom. The Labute approximate surface area is 157 Å². The summed E-state index contributed by atoms with van der Waals surface area (Å²) in [5.41, 5.74) is 0.772. The summed E-state index contributed by atoms with van der Waals surface area (Å²) in [5, 5.41) is 11.1. The highest BCUT2D eigenvalue weighted by molar-refractivity contribution is 8.18. The van der Waals surface area contributed by atoms with E-state index in [1.54, 1.807) is 25.1 Å². The summed E-state index contributed by atoms with van der Waals surface area (Å²) in [6.45, 7) is 1.23. The largest absolute Gasteiger partial charge is 0.478 e. The molecule has 0 radical (unpaired) electrons. The van der Waals surface area contributed by atoms with Gasteiger partial charge in [-0.3, -0.25) is 19.3 Å². The van der Waals surface area contributed by atoms with Gasteiger partial charge in [-0.05, 0) is 48.5 Å². The number of imide groups is 1. The number of anilines is 1. The number of benzene rings is 1. The summed E-state index contributed by atoms with van der Waals surface area (Å²) < 4.78 is 5.11. The SMILES string of the molecule is Cc1ccc(C(=O)O)c(NC(=O)CN2C(=O)S/C(=C\c3ccco3)C2=O)c1. The number of carbonyl (C=O) groups is 4. The molecule has 0 saturated carbocycles. The Bertz CT molecular complexity index is 964. The number of rotatable bonds is 5. The van der Waals surface area contributed by atoms with E-state index in [4.69, 9.17) is 4.42 Å². The van der Waals surface area contributed by atoms with Gasteiger partial charge in [-0.1, -0.05) is 6.07 Å². The van der Waals surface area contributed by atoms with Crippen molar-refractivity contribution in [3.05, 3.63) is 58.4 Å². The molecule has 0 spiro atoms. The number of furan rings is 1. The minimum Gasteiger partial charge on any atom is -0.478 e. The van der Waals surface area contributed by atoms with Crippen LogP contribution in [0.3, 0.4) is 0 Å². The monoisotopic (exact) mass is 386 g/mol. The second-order valence-electron chi connectivity index (χ2n) is 5.69. The minimum atomic E-state index is -1.20. The highest BCUT2D eigenvalue weighted by atomic mass is 32.2. The van der Waals surface area contributed by atoms with Gasteiger partial charge < -0.3 is 14.8 Å². The third-order valence-electron chi connectivity index (χ3n) is 3.67. The summed E-state index contributed by atoms with van der Waals surface area (Å²) in [7, 11) is 0. The van der Waals surface area contributed by atoms with Crippen LogP contribution in [0.15, 0.2) is 45.9 Å². The highest BCUT2D eigenvalue weighted by Crippen LogP contribution is 2.32. The van der Waals surface area contributed by atoms with E-state index in [-0.39, 0.29) is 16.2 Å². The Morgan fingerprint density at radius 2 is 2.07 bits per heavy atom. The molecule has 2 aromatic rings. The number of thioether (sulfide) groups is 1. The van der Waals surface area contributed by atoms with E-state index in [1.165, 1.54) is 24.5 Å². The van der Waals surface area contributed by atoms with Gasteiger partial charge in [-0.2, -0.15) is 0 Å². The van der Waals surface area contributed by atoms with Crippen molar-refractivity contribution in [2.24, 2.45) is 0 Å². The predicted octanol–water partition coefficient (Wildman–Crippen LogP) is 2.96. The first-order valence-corrected chi connectivity index (χ1v) is 8.59. The maximum atomic E-state index is 12.4. The second kappa shape index (κ2) is 7.50. The lowest BCUT2D eigenvalue weighted by atomic mass is 10.1. The van der Waals surface area contributed by atoms with Crippen molar-refractivity contribution < 1.29 is 28.7 Å². The zero-order chi connectivity index (χ0) is 19.6. The summed E-state index contributed by atoms with van der Waals surface area (Å²) in [6, 6.07) is 7.76. The Hall–Kier alpha value is -3.33. The number of amides is 3. The van der Waals surface area contributed by atoms with Crippen LogP contribution in [0.2, 0.25) is 0 Å². The molecule has 9 heteroatoms. The molecule has 138 valence electrons. The summed E-state index contributed by atoms with van der Waals surface area (Å²) in [6.07, 6.45) is 2.86. The summed E-state index contributed by atoms with van der Waals surface area (Å²) in [4.78, 5) is 48.9. The Kier molecular flexibility index (Phi) is 5.13. The van der Waals surface area contributed by atoms with Crippen LogP contribution in [0, 0.1) is 6.92 Å². The van der Waals surface area contributed by atoms with E-state index in [9.17, 15) is 24.3 Å². The fraction of sp³-hybridized carbons (Fsp3) is 0.111. The zero-order valence-electron chi connectivity index (χ0n) is 14.1. The number of carbonyl (C=O) groups excluding carboxylic acids is 3. The topological polar surface area (TPSA) is 117 Å². The third kappa shape index (κ3) is 4.09. The molecule has 1 aliphatic heterocycles. The molecule has 1 aromatic carbocycles. The van der Waals surface area contributed by atoms with Gasteiger partial charge in [0, 0.05) is 6.08 Å². The minimum absolute atomic E-state index is 0.0826. The molecule has 1 aliphatic rings. The van der Waals surface area contributed by atoms with Crippen molar-refractivity contribution in [2.75, 3.05) is 11.9 Å². The first kappa shape index (κ1) is 18.5. The number of nitrogens with one attached hydrogen (secondary N) is 1. The van der Waals surface area contributed by atoms with Crippen LogP contribution in [0.5, 0.6) is 0 Å². The number of hydrogen-bond donors (Lipinski definition) is 2. The molecule has 0 bridgehead atoms. The molecule has 3 rings (SSSR count). The molecule has 1 fully saturated rings. The lowest BCUT2D eigenvalue weighted by Gasteiger charge is -2.14. The van der Waals surface area contributed by atoms with Gasteiger partial charge in [0.25, 0.3) is 11.1 Å². The molecular formula is C18H14N2O6S. The van der Waals surface area contributed by atoms with Gasteiger partial charge in [-0.25, -0.2) is 4.79 Å². The first-order valence-electron chi connectivity index (χ1n) is 7.78. The number of carboxylic acid groups (broad SMARTS) is 1. The standard InChI is InChI=1S/C18H14N2O6S/c1-10-4-5-12(17(23)24)13(7-10)19-15(21)9-20-16(22)14(27-18(20)25)8-11-3-2-6-26-11/h2-8H,9H2,1H3,(H,19,21)(H,23,24)/b14-8-. The third-order valence-corrected chi connectivity index (χ3v) is 4.58. The fourth-order valence-corrected chi connectivity index (χ4v) is 3.24. The number of aryl methyl sites for hydroxylation is 1. The van der Waals surface area contributed by atoms with Crippen molar-refractivity contribution in [2.45, 2.75) is 6.92 Å². The van der Waals surface area contributed by atoms with Gasteiger partial charge in [0.1, 0.15) is 12.3 Å². The van der Waals surface area contributed by atoms with Gasteiger partial charge in [0.15, 0.2) is 0 Å². The van der Waals surface area contributed by atoms with Gasteiger partial charge >= 0.3 is 5.97 Å². The van der Waals surface area contributed by atoms with E-state index < -0.39 is 29.6 Å². The summed E-state index contributed by atoms with van der Waals surface area (Å²) in [5.74, 6) is -2.07. The van der Waals surface area contributed by atoms with Crippen LogP contribution >= 0.6 is 11.8 Å². The molecule has 2 N–H and O–H groups in total. The molecule has 1 aromatic heterocycles. The predicted molar refractivity (Wildman–Crippen MR) is 98.2 cm³/mol. The highest BCUT2D eigenvalue weighted by Gasteiger charge is 2.36. The molecule has 8 nitrogen and oxygen atoms in total. The Balaban J connectivity index is 1.73. The van der Waals surface area contributed by atoms with Crippen LogP contribution < -0.4 is 5.32 Å². The lowest BCUT2D eigenvalue weighted by Crippen LogP contribution is -2.36. The van der Waals surface area contributed by atoms with E-state index >= 15 is 0 Å². The number of aromatic carboxylic acids is 1. The van der Waals surface area contributed by atoms with Gasteiger partial charge in [-0.15, -0.1) is 0 Å². The smallest absolute Gasteiger partial charge is 0.337 e. The van der Waals surface area contributed by atoms with Crippen molar-refractivity contribution >= 4 is 46.5 Å². The van der Waals surface area contributed by atoms with Crippen LogP contribution in [0.1, 0.15) is 21.7 Å². The van der Waals surface area contributed by atoms with Crippen LogP contribution in [0.25, 0.3) is 6.08 Å². The number of nitrogens with zero attached hydrogens (tertiary/aromatic N) is 1. The molecule has 1 saturated heterocycles. The summed E-state index contributed by atoms with van der Waals surface area (Å²) >= 11 is 0.703. The molecule has 27 heavy (non-hydrogen) atoms. The van der Waals surface area contributed by atoms with Crippen LogP contribution in [0.4, 0.5) is 10.5 Å². The fourth-order valence-electron chi connectivity index (χ4n) is 2.42. The molecule has 2 heterocycles. The normalized spacial score (nSPS) is 15.4. The van der Waals surface area contributed by atoms with E-state index in [0.29, 0.717) is 17.5 Å². The maximum Gasteiger partial charge on any atom is 0.337 e. The van der Waals surface area contributed by atoms with Crippen molar-refractivity contribution in [1.29, 1.82) is 0 Å². The molecule has 0 unspecified atom stereocenters. The van der Waals surface area contributed by atoms with E-state index in [1.807, 2.05) is 0 Å². The molecule has 0 atom stereocenters. The average Bonchev–Trinajstić information content (AvgIpc) is 3.19. The van der Waals surface area contributed by atoms with Crippen LogP contribution in [-0.4, -0.2) is 39.6 Å². The lowest BCUT2D eigenvalue weighted by molar-refractivity contribution is -0.127. The van der Waals surface area contributed by atoms with Crippen LogP contribution in [-0.2, 0) is 9.59 Å². The van der Waals surface area contributed by atoms with E-state index in [2.05, 4.69) is 5.32 Å². The van der Waals surface area contributed by atoms with Crippen molar-refractivity contribution in [1.82, 2.24) is 4.90 Å². The Morgan fingerprint density at radius 1 is 1.30 bits per heavy atom. The number of hydrogen-bond acceptors (Lipinski definition) is 6. The molecule has 3 amide bonds. The van der Waals surface area contributed by atoms with Crippen molar-refractivity contribution in [3.63, 3.8) is 0 Å².